The van der Waals surface area contributed by atoms with Crippen LogP contribution in [0.1, 0.15) is 49.8 Å². The first-order valence-electron chi connectivity index (χ1n) is 8.08. The van der Waals surface area contributed by atoms with Crippen molar-refractivity contribution in [2.24, 2.45) is 0 Å². The van der Waals surface area contributed by atoms with E-state index in [2.05, 4.69) is 55.0 Å². The third-order valence-corrected chi connectivity index (χ3v) is 4.19. The maximum Gasteiger partial charge on any atom is 0.0602 e. The first kappa shape index (κ1) is 16.3. The van der Waals surface area contributed by atoms with Gasteiger partial charge < -0.3 is 5.32 Å². The Morgan fingerprint density at radius 1 is 1.23 bits per heavy atom. The van der Waals surface area contributed by atoms with Gasteiger partial charge in [0, 0.05) is 24.2 Å². The van der Waals surface area contributed by atoms with Gasteiger partial charge in [0.2, 0.25) is 0 Å². The lowest BCUT2D eigenvalue weighted by atomic mass is 9.91. The van der Waals surface area contributed by atoms with E-state index in [-0.39, 0.29) is 0 Å². The lowest BCUT2D eigenvalue weighted by molar-refractivity contribution is 0.686. The van der Waals surface area contributed by atoms with E-state index in [0.29, 0.717) is 5.92 Å². The molecule has 22 heavy (non-hydrogen) atoms. The first-order chi connectivity index (χ1) is 10.7. The number of aromatic nitrogens is 1. The van der Waals surface area contributed by atoms with Crippen LogP contribution < -0.4 is 5.32 Å². The van der Waals surface area contributed by atoms with Crippen molar-refractivity contribution in [2.45, 2.75) is 39.5 Å². The van der Waals surface area contributed by atoms with Crippen molar-refractivity contribution < 1.29 is 0 Å². The van der Waals surface area contributed by atoms with Crippen LogP contribution in [0.2, 0.25) is 0 Å². The minimum Gasteiger partial charge on any atom is -0.383 e. The summed E-state index contributed by atoms with van der Waals surface area (Å²) in [4.78, 5) is 4.23. The maximum atomic E-state index is 4.23. The maximum absolute atomic E-state index is 4.23. The summed E-state index contributed by atoms with van der Waals surface area (Å²) in [6, 6.07) is 10.8. The summed E-state index contributed by atoms with van der Waals surface area (Å²) in [7, 11) is 0. The second kappa shape index (κ2) is 7.79. The number of anilines is 1. The summed E-state index contributed by atoms with van der Waals surface area (Å²) < 4.78 is 0. The van der Waals surface area contributed by atoms with Crippen molar-refractivity contribution in [1.29, 1.82) is 0 Å². The molecule has 0 aliphatic heterocycles. The molecule has 2 aromatic rings. The minimum atomic E-state index is 0.509. The molecule has 0 aliphatic carbocycles. The fraction of sp³-hybridized carbons (Fsp3) is 0.350. The number of rotatable bonds is 7. The summed E-state index contributed by atoms with van der Waals surface area (Å²) in [5.74, 6) is 0.509. The van der Waals surface area contributed by atoms with E-state index in [1.165, 1.54) is 11.1 Å². The normalized spacial score (nSPS) is 12.0. The summed E-state index contributed by atoms with van der Waals surface area (Å²) >= 11 is 0. The molecule has 1 N–H and O–H groups in total. The van der Waals surface area contributed by atoms with Gasteiger partial charge in [-0.3, -0.25) is 4.98 Å². The molecule has 1 aromatic heterocycles. The van der Waals surface area contributed by atoms with Gasteiger partial charge in [0.1, 0.15) is 0 Å². The lowest BCUT2D eigenvalue weighted by Crippen LogP contribution is -2.14. The van der Waals surface area contributed by atoms with E-state index in [1.54, 1.807) is 0 Å². The second-order valence-electron chi connectivity index (χ2n) is 5.74. The summed E-state index contributed by atoms with van der Waals surface area (Å²) in [5.41, 5.74) is 6.19. The van der Waals surface area contributed by atoms with Gasteiger partial charge in [0.05, 0.1) is 11.9 Å². The molecule has 2 heteroatoms. The highest BCUT2D eigenvalue weighted by atomic mass is 14.9. The molecule has 1 atom stereocenters. The van der Waals surface area contributed by atoms with Crippen LogP contribution in [0, 0.1) is 0 Å². The van der Waals surface area contributed by atoms with Crippen LogP contribution in [-0.2, 0) is 6.42 Å². The van der Waals surface area contributed by atoms with E-state index in [9.17, 15) is 0 Å². The number of hydrogen-bond acceptors (Lipinski definition) is 2. The number of nitrogens with zero attached hydrogens (tertiary/aromatic N) is 1. The molecular formula is C20H26N2. The molecule has 2 nitrogen and oxygen atoms in total. The highest BCUT2D eigenvalue weighted by molar-refractivity contribution is 5.73. The van der Waals surface area contributed by atoms with E-state index in [0.717, 1.165) is 36.2 Å². The average molecular weight is 294 g/mol. The Bertz CT molecular complexity index is 631. The Morgan fingerprint density at radius 3 is 2.68 bits per heavy atom. The van der Waals surface area contributed by atoms with Gasteiger partial charge in [-0.15, -0.1) is 0 Å². The molecular weight excluding hydrogens is 268 g/mol. The molecule has 116 valence electrons. The summed E-state index contributed by atoms with van der Waals surface area (Å²) in [5, 5.41) is 3.57. The van der Waals surface area contributed by atoms with Crippen molar-refractivity contribution in [3.05, 3.63) is 66.0 Å². The van der Waals surface area contributed by atoms with Crippen LogP contribution in [-0.4, -0.2) is 11.5 Å². The zero-order valence-electron chi connectivity index (χ0n) is 13.9. The highest BCUT2D eigenvalue weighted by Gasteiger charge is 2.13. The van der Waals surface area contributed by atoms with Gasteiger partial charge in [0.25, 0.3) is 0 Å². The van der Waals surface area contributed by atoms with Crippen LogP contribution in [0.4, 0.5) is 5.69 Å². The fourth-order valence-corrected chi connectivity index (χ4v) is 2.87. The van der Waals surface area contributed by atoms with Crippen molar-refractivity contribution in [3.63, 3.8) is 0 Å². The van der Waals surface area contributed by atoms with Gasteiger partial charge in [-0.1, -0.05) is 44.7 Å². The Hall–Kier alpha value is -2.09. The van der Waals surface area contributed by atoms with Crippen molar-refractivity contribution >= 4 is 11.3 Å². The van der Waals surface area contributed by atoms with Crippen molar-refractivity contribution in [2.75, 3.05) is 11.9 Å². The van der Waals surface area contributed by atoms with E-state index >= 15 is 0 Å². The average Bonchev–Trinajstić information content (AvgIpc) is 2.56. The van der Waals surface area contributed by atoms with Gasteiger partial charge >= 0.3 is 0 Å². The Labute approximate surface area is 134 Å². The lowest BCUT2D eigenvalue weighted by Gasteiger charge is -2.21. The zero-order chi connectivity index (χ0) is 15.9. The molecule has 0 bridgehead atoms. The fourth-order valence-electron chi connectivity index (χ4n) is 2.87. The SMILES string of the molecule is C=C(C)c1ccncc1NCC(CC)c1ccccc1CC. The van der Waals surface area contributed by atoms with Crippen molar-refractivity contribution in [3.8, 4) is 0 Å². The van der Waals surface area contributed by atoms with Crippen LogP contribution in [0.15, 0.2) is 49.3 Å². The Balaban J connectivity index is 2.17. The largest absolute Gasteiger partial charge is 0.383 e. The number of pyridine rings is 1. The Kier molecular flexibility index (Phi) is 5.76. The molecule has 0 amide bonds. The van der Waals surface area contributed by atoms with Gasteiger partial charge in [-0.05, 0) is 42.5 Å². The first-order valence-corrected chi connectivity index (χ1v) is 8.08. The number of benzene rings is 1. The van der Waals surface area contributed by atoms with Crippen LogP contribution in [0.5, 0.6) is 0 Å². The predicted octanol–water partition coefficient (Wildman–Crippen LogP) is 5.28. The molecule has 1 heterocycles. The molecule has 1 unspecified atom stereocenters. The van der Waals surface area contributed by atoms with E-state index in [1.807, 2.05) is 25.4 Å². The molecule has 0 radical (unpaired) electrons. The summed E-state index contributed by atoms with van der Waals surface area (Å²) in [6.07, 6.45) is 5.91. The van der Waals surface area contributed by atoms with Gasteiger partial charge in [-0.2, -0.15) is 0 Å². The third kappa shape index (κ3) is 3.76. The van der Waals surface area contributed by atoms with Crippen LogP contribution >= 0.6 is 0 Å². The number of aryl methyl sites for hydroxylation is 1. The number of nitrogens with one attached hydrogen (secondary N) is 1. The third-order valence-electron chi connectivity index (χ3n) is 4.19. The predicted molar refractivity (Wildman–Crippen MR) is 96.3 cm³/mol. The molecule has 0 spiro atoms. The highest BCUT2D eigenvalue weighted by Crippen LogP contribution is 2.26. The standard InChI is InChI=1S/C20H26N2/c1-5-16-9-7-8-10-19(16)17(6-2)13-22-20-14-21-12-11-18(20)15(3)4/h7-12,14,17,22H,3,5-6,13H2,1-2,4H3. The molecule has 0 fully saturated rings. The van der Waals surface area contributed by atoms with Crippen LogP contribution in [0.25, 0.3) is 5.57 Å². The smallest absolute Gasteiger partial charge is 0.0602 e. The molecule has 1 aromatic carbocycles. The zero-order valence-corrected chi connectivity index (χ0v) is 13.9. The molecule has 0 aliphatic rings. The molecule has 0 saturated carbocycles. The minimum absolute atomic E-state index is 0.509. The number of allylic oxidation sites excluding steroid dienone is 1. The van der Waals surface area contributed by atoms with Crippen LogP contribution in [0.3, 0.4) is 0 Å². The van der Waals surface area contributed by atoms with E-state index < -0.39 is 0 Å². The second-order valence-corrected chi connectivity index (χ2v) is 5.74. The monoisotopic (exact) mass is 294 g/mol. The number of hydrogen-bond donors (Lipinski definition) is 1. The van der Waals surface area contributed by atoms with Gasteiger partial charge in [0.15, 0.2) is 0 Å². The summed E-state index contributed by atoms with van der Waals surface area (Å²) in [6.45, 7) is 11.5. The van der Waals surface area contributed by atoms with Gasteiger partial charge in [-0.25, -0.2) is 0 Å². The Morgan fingerprint density at radius 2 is 2.00 bits per heavy atom. The van der Waals surface area contributed by atoms with Crippen molar-refractivity contribution in [1.82, 2.24) is 4.98 Å². The molecule has 2 rings (SSSR count). The quantitative estimate of drug-likeness (QED) is 0.751. The van der Waals surface area contributed by atoms with E-state index in [4.69, 9.17) is 0 Å². The molecule has 0 saturated heterocycles. The topological polar surface area (TPSA) is 24.9 Å².